The van der Waals surface area contributed by atoms with Gasteiger partial charge in [-0.1, -0.05) is 6.07 Å². The van der Waals surface area contributed by atoms with Crippen LogP contribution >= 0.6 is 0 Å². The second-order valence-electron chi connectivity index (χ2n) is 5.31. The highest BCUT2D eigenvalue weighted by molar-refractivity contribution is 5.32. The Kier molecular flexibility index (Phi) is 3.27. The normalized spacial score (nSPS) is 19.1. The van der Waals surface area contributed by atoms with Crippen LogP contribution in [0.25, 0.3) is 5.69 Å². The van der Waals surface area contributed by atoms with Gasteiger partial charge >= 0.3 is 0 Å². The van der Waals surface area contributed by atoms with Crippen molar-refractivity contribution in [3.05, 3.63) is 42.2 Å². The minimum Gasteiger partial charge on any atom is -0.382 e. The molecule has 1 aromatic carbocycles. The minimum absolute atomic E-state index is 0.334. The molecule has 2 heterocycles. The highest BCUT2D eigenvalue weighted by atomic mass is 19.1. The van der Waals surface area contributed by atoms with Gasteiger partial charge in [0.2, 0.25) is 0 Å². The molecule has 106 valence electrons. The second-order valence-corrected chi connectivity index (χ2v) is 5.31. The van der Waals surface area contributed by atoms with Crippen molar-refractivity contribution in [1.82, 2.24) is 19.7 Å². The molecule has 20 heavy (non-hydrogen) atoms. The van der Waals surface area contributed by atoms with Crippen molar-refractivity contribution in [2.75, 3.05) is 20.1 Å². The van der Waals surface area contributed by atoms with Gasteiger partial charge in [0, 0.05) is 13.1 Å². The fraction of sp³-hybridized carbons (Fsp3) is 0.429. The van der Waals surface area contributed by atoms with E-state index >= 15 is 0 Å². The first-order chi connectivity index (χ1) is 9.58. The Morgan fingerprint density at radius 1 is 1.30 bits per heavy atom. The molecule has 0 amide bonds. The number of piperidine rings is 1. The Labute approximate surface area is 116 Å². The van der Waals surface area contributed by atoms with Crippen LogP contribution in [0.2, 0.25) is 0 Å². The summed E-state index contributed by atoms with van der Waals surface area (Å²) in [6.45, 7) is 1.60. The third kappa shape index (κ3) is 2.32. The SMILES string of the molecule is CN1CCC(O)(c2ncnn2-c2cccc(F)c2)CC1. The van der Waals surface area contributed by atoms with Gasteiger partial charge in [0.05, 0.1) is 5.69 Å². The summed E-state index contributed by atoms with van der Waals surface area (Å²) >= 11 is 0. The molecule has 0 aliphatic carbocycles. The molecule has 0 atom stereocenters. The largest absolute Gasteiger partial charge is 0.382 e. The Hall–Kier alpha value is -1.79. The first-order valence-electron chi connectivity index (χ1n) is 6.66. The van der Waals surface area contributed by atoms with Crippen LogP contribution in [-0.2, 0) is 5.60 Å². The predicted octanol–water partition coefficient (Wildman–Crippen LogP) is 1.32. The van der Waals surface area contributed by atoms with Gasteiger partial charge in [-0.2, -0.15) is 5.10 Å². The number of hydrogen-bond acceptors (Lipinski definition) is 4. The third-order valence-corrected chi connectivity index (χ3v) is 3.83. The summed E-state index contributed by atoms with van der Waals surface area (Å²) in [5.74, 6) is 0.149. The lowest BCUT2D eigenvalue weighted by atomic mass is 9.90. The van der Waals surface area contributed by atoms with E-state index in [-0.39, 0.29) is 5.82 Å². The van der Waals surface area contributed by atoms with Crippen LogP contribution in [0.3, 0.4) is 0 Å². The summed E-state index contributed by atoms with van der Waals surface area (Å²) in [5.41, 5.74) is -0.431. The van der Waals surface area contributed by atoms with E-state index in [1.54, 1.807) is 12.1 Å². The predicted molar refractivity (Wildman–Crippen MR) is 71.9 cm³/mol. The summed E-state index contributed by atoms with van der Waals surface area (Å²) in [6, 6.07) is 6.13. The molecule has 1 saturated heterocycles. The summed E-state index contributed by atoms with van der Waals surface area (Å²) < 4.78 is 14.9. The maximum atomic E-state index is 13.3. The van der Waals surface area contributed by atoms with Crippen molar-refractivity contribution in [2.24, 2.45) is 0 Å². The standard InChI is InChI=1S/C14H17FN4O/c1-18-7-5-14(20,6-8-18)13-16-10-17-19(13)12-4-2-3-11(15)9-12/h2-4,9-10,20H,5-8H2,1H3. The Morgan fingerprint density at radius 3 is 2.75 bits per heavy atom. The maximum absolute atomic E-state index is 13.3. The lowest BCUT2D eigenvalue weighted by molar-refractivity contribution is -0.0292. The molecule has 1 N–H and O–H groups in total. The fourth-order valence-corrected chi connectivity index (χ4v) is 2.57. The van der Waals surface area contributed by atoms with Crippen molar-refractivity contribution in [1.29, 1.82) is 0 Å². The number of aromatic nitrogens is 3. The van der Waals surface area contributed by atoms with Crippen molar-refractivity contribution >= 4 is 0 Å². The zero-order chi connectivity index (χ0) is 14.2. The fourth-order valence-electron chi connectivity index (χ4n) is 2.57. The Bertz CT molecular complexity index is 605. The molecule has 0 unspecified atom stereocenters. The molecule has 6 heteroatoms. The molecule has 1 aliphatic rings. The van der Waals surface area contributed by atoms with E-state index in [1.165, 1.54) is 23.1 Å². The summed E-state index contributed by atoms with van der Waals surface area (Å²) in [5, 5.41) is 14.9. The van der Waals surface area contributed by atoms with Crippen LogP contribution in [-0.4, -0.2) is 44.9 Å². The van der Waals surface area contributed by atoms with Gasteiger partial charge in [0.15, 0.2) is 5.82 Å². The topological polar surface area (TPSA) is 54.2 Å². The van der Waals surface area contributed by atoms with E-state index in [0.29, 0.717) is 24.4 Å². The van der Waals surface area contributed by atoms with Gasteiger partial charge in [0.25, 0.3) is 0 Å². The molecule has 2 aromatic rings. The number of likely N-dealkylation sites (tertiary alicyclic amines) is 1. The van der Waals surface area contributed by atoms with Crippen molar-refractivity contribution < 1.29 is 9.50 Å². The van der Waals surface area contributed by atoms with Crippen molar-refractivity contribution in [3.63, 3.8) is 0 Å². The first kappa shape index (κ1) is 13.2. The molecule has 1 aliphatic heterocycles. The van der Waals surface area contributed by atoms with E-state index in [0.717, 1.165) is 13.1 Å². The van der Waals surface area contributed by atoms with Crippen LogP contribution in [0, 0.1) is 5.82 Å². The first-order valence-corrected chi connectivity index (χ1v) is 6.66. The summed E-state index contributed by atoms with van der Waals surface area (Å²) in [7, 11) is 2.02. The molecule has 1 aromatic heterocycles. The number of halogens is 1. The van der Waals surface area contributed by atoms with E-state index in [1.807, 2.05) is 7.05 Å². The van der Waals surface area contributed by atoms with Crippen molar-refractivity contribution in [2.45, 2.75) is 18.4 Å². The number of benzene rings is 1. The Balaban J connectivity index is 1.98. The zero-order valence-corrected chi connectivity index (χ0v) is 11.3. The van der Waals surface area contributed by atoms with Crippen molar-refractivity contribution in [3.8, 4) is 5.69 Å². The molecule has 0 spiro atoms. The second kappa shape index (κ2) is 4.96. The third-order valence-electron chi connectivity index (χ3n) is 3.83. The number of hydrogen-bond donors (Lipinski definition) is 1. The van der Waals surface area contributed by atoms with Crippen LogP contribution in [0.1, 0.15) is 18.7 Å². The van der Waals surface area contributed by atoms with Crippen LogP contribution in [0.5, 0.6) is 0 Å². The van der Waals surface area contributed by atoms with E-state index in [2.05, 4.69) is 15.0 Å². The van der Waals surface area contributed by atoms with E-state index in [9.17, 15) is 9.50 Å². The van der Waals surface area contributed by atoms with Gasteiger partial charge in [-0.15, -0.1) is 0 Å². The van der Waals surface area contributed by atoms with E-state index < -0.39 is 5.60 Å². The van der Waals surface area contributed by atoms with E-state index in [4.69, 9.17) is 0 Å². The van der Waals surface area contributed by atoms with Gasteiger partial charge < -0.3 is 10.0 Å². The average Bonchev–Trinajstić information content (AvgIpc) is 2.92. The molecule has 0 saturated carbocycles. The summed E-state index contributed by atoms with van der Waals surface area (Å²) in [4.78, 5) is 6.37. The number of aliphatic hydroxyl groups is 1. The molecule has 3 rings (SSSR count). The maximum Gasteiger partial charge on any atom is 0.164 e. The highest BCUT2D eigenvalue weighted by Gasteiger charge is 2.37. The number of nitrogens with zero attached hydrogens (tertiary/aromatic N) is 4. The lowest BCUT2D eigenvalue weighted by Gasteiger charge is -2.35. The van der Waals surface area contributed by atoms with Crippen LogP contribution in [0.15, 0.2) is 30.6 Å². The smallest absolute Gasteiger partial charge is 0.164 e. The van der Waals surface area contributed by atoms with Gasteiger partial charge in [-0.3, -0.25) is 0 Å². The monoisotopic (exact) mass is 276 g/mol. The molecular weight excluding hydrogens is 259 g/mol. The van der Waals surface area contributed by atoms with Gasteiger partial charge in [0.1, 0.15) is 17.7 Å². The molecule has 5 nitrogen and oxygen atoms in total. The number of rotatable bonds is 2. The quantitative estimate of drug-likeness (QED) is 0.899. The van der Waals surface area contributed by atoms with Crippen LogP contribution < -0.4 is 0 Å². The zero-order valence-electron chi connectivity index (χ0n) is 11.3. The molecular formula is C14H17FN4O. The van der Waals surface area contributed by atoms with Gasteiger partial charge in [-0.05, 0) is 38.1 Å². The molecule has 0 bridgehead atoms. The van der Waals surface area contributed by atoms with Crippen LogP contribution in [0.4, 0.5) is 4.39 Å². The average molecular weight is 276 g/mol. The highest BCUT2D eigenvalue weighted by Crippen LogP contribution is 2.31. The minimum atomic E-state index is -1.00. The lowest BCUT2D eigenvalue weighted by Crippen LogP contribution is -2.42. The summed E-state index contributed by atoms with van der Waals surface area (Å²) in [6.07, 6.45) is 2.59. The Morgan fingerprint density at radius 2 is 2.05 bits per heavy atom. The molecule has 1 fully saturated rings. The van der Waals surface area contributed by atoms with Gasteiger partial charge in [-0.25, -0.2) is 14.1 Å². The molecule has 0 radical (unpaired) electrons.